The monoisotopic (exact) mass is 278 g/mol. The van der Waals surface area contributed by atoms with Gasteiger partial charge >= 0.3 is 0 Å². The van der Waals surface area contributed by atoms with Gasteiger partial charge in [0, 0.05) is 19.1 Å². The van der Waals surface area contributed by atoms with E-state index in [0.717, 1.165) is 43.8 Å². The van der Waals surface area contributed by atoms with E-state index in [4.69, 9.17) is 9.47 Å². The van der Waals surface area contributed by atoms with E-state index < -0.39 is 0 Å². The zero-order valence-corrected chi connectivity index (χ0v) is 12.5. The van der Waals surface area contributed by atoms with Crippen LogP contribution in [0.4, 0.5) is 0 Å². The standard InChI is InChI=1S/C17H26O3/c1-3-14(13-8-10-20-11-9-13)16(12-18)15-6-4-5-7-17(15)19-2/h4-7,13-14,16,18H,3,8-12H2,1-2H3. The summed E-state index contributed by atoms with van der Waals surface area (Å²) in [5.41, 5.74) is 1.14. The summed E-state index contributed by atoms with van der Waals surface area (Å²) in [6.45, 7) is 4.10. The largest absolute Gasteiger partial charge is 0.496 e. The minimum Gasteiger partial charge on any atom is -0.496 e. The number of aliphatic hydroxyl groups excluding tert-OH is 1. The summed E-state index contributed by atoms with van der Waals surface area (Å²) in [6.07, 6.45) is 3.28. The molecule has 1 N–H and O–H groups in total. The van der Waals surface area contributed by atoms with Crippen molar-refractivity contribution in [1.82, 2.24) is 0 Å². The summed E-state index contributed by atoms with van der Waals surface area (Å²) in [7, 11) is 1.70. The number of ether oxygens (including phenoxy) is 2. The third-order valence-corrected chi connectivity index (χ3v) is 4.59. The smallest absolute Gasteiger partial charge is 0.122 e. The minimum atomic E-state index is 0.152. The van der Waals surface area contributed by atoms with E-state index in [1.165, 1.54) is 0 Å². The Labute approximate surface area is 121 Å². The van der Waals surface area contributed by atoms with E-state index in [9.17, 15) is 5.11 Å². The van der Waals surface area contributed by atoms with Crippen molar-refractivity contribution >= 4 is 0 Å². The number of hydrogen-bond acceptors (Lipinski definition) is 3. The molecule has 2 atom stereocenters. The van der Waals surface area contributed by atoms with Crippen LogP contribution in [0.5, 0.6) is 5.75 Å². The number of benzene rings is 1. The van der Waals surface area contributed by atoms with Gasteiger partial charge in [0.2, 0.25) is 0 Å². The first-order chi connectivity index (χ1) is 9.81. The topological polar surface area (TPSA) is 38.7 Å². The van der Waals surface area contributed by atoms with Crippen LogP contribution < -0.4 is 4.74 Å². The van der Waals surface area contributed by atoms with Crippen molar-refractivity contribution < 1.29 is 14.6 Å². The predicted octanol–water partition coefficient (Wildman–Crippen LogP) is 3.22. The molecule has 1 heterocycles. The fourth-order valence-electron chi connectivity index (χ4n) is 3.53. The molecule has 0 bridgehead atoms. The maximum Gasteiger partial charge on any atom is 0.122 e. The Balaban J connectivity index is 2.23. The Bertz CT molecular complexity index is 399. The van der Waals surface area contributed by atoms with E-state index in [1.807, 2.05) is 18.2 Å². The maximum absolute atomic E-state index is 9.94. The molecule has 3 nitrogen and oxygen atoms in total. The highest BCUT2D eigenvalue weighted by Gasteiger charge is 2.31. The summed E-state index contributed by atoms with van der Waals surface area (Å²) >= 11 is 0. The molecule has 1 aliphatic rings. The number of hydrogen-bond donors (Lipinski definition) is 1. The number of para-hydroxylation sites is 1. The molecule has 0 aromatic heterocycles. The second-order valence-electron chi connectivity index (χ2n) is 5.55. The van der Waals surface area contributed by atoms with E-state index in [1.54, 1.807) is 7.11 Å². The Kier molecular flexibility index (Phi) is 5.86. The molecule has 3 heteroatoms. The van der Waals surface area contributed by atoms with Gasteiger partial charge in [-0.25, -0.2) is 0 Å². The normalized spacial score (nSPS) is 19.6. The molecule has 1 saturated heterocycles. The van der Waals surface area contributed by atoms with E-state index in [0.29, 0.717) is 11.8 Å². The number of rotatable bonds is 6. The second-order valence-corrected chi connectivity index (χ2v) is 5.55. The second kappa shape index (κ2) is 7.65. The maximum atomic E-state index is 9.94. The zero-order chi connectivity index (χ0) is 14.4. The molecule has 0 spiro atoms. The highest BCUT2D eigenvalue weighted by Crippen LogP contribution is 2.40. The molecule has 0 amide bonds. The minimum absolute atomic E-state index is 0.152. The molecule has 1 aromatic carbocycles. The first kappa shape index (κ1) is 15.3. The molecular formula is C17H26O3. The molecule has 0 aliphatic carbocycles. The summed E-state index contributed by atoms with van der Waals surface area (Å²) in [5.74, 6) is 2.16. The lowest BCUT2D eigenvalue weighted by Crippen LogP contribution is -2.29. The molecule has 20 heavy (non-hydrogen) atoms. The van der Waals surface area contributed by atoms with Crippen molar-refractivity contribution in [3.05, 3.63) is 29.8 Å². The zero-order valence-electron chi connectivity index (χ0n) is 12.5. The highest BCUT2D eigenvalue weighted by molar-refractivity contribution is 5.36. The van der Waals surface area contributed by atoms with Crippen molar-refractivity contribution in [2.75, 3.05) is 26.9 Å². The van der Waals surface area contributed by atoms with Crippen LogP contribution in [0.15, 0.2) is 24.3 Å². The van der Waals surface area contributed by atoms with Gasteiger partial charge in [-0.1, -0.05) is 31.5 Å². The lowest BCUT2D eigenvalue weighted by molar-refractivity contribution is 0.0345. The van der Waals surface area contributed by atoms with E-state index in [-0.39, 0.29) is 12.5 Å². The molecule has 1 aliphatic heterocycles. The Morgan fingerprint density at radius 3 is 2.60 bits per heavy atom. The molecule has 0 radical (unpaired) electrons. The average molecular weight is 278 g/mol. The molecular weight excluding hydrogens is 252 g/mol. The van der Waals surface area contributed by atoms with E-state index >= 15 is 0 Å². The van der Waals surface area contributed by atoms with Gasteiger partial charge in [0.15, 0.2) is 0 Å². The van der Waals surface area contributed by atoms with Crippen LogP contribution in [-0.2, 0) is 4.74 Å². The Morgan fingerprint density at radius 1 is 1.30 bits per heavy atom. The van der Waals surface area contributed by atoms with Crippen molar-refractivity contribution in [3.8, 4) is 5.75 Å². The van der Waals surface area contributed by atoms with Crippen LogP contribution >= 0.6 is 0 Å². The van der Waals surface area contributed by atoms with Crippen LogP contribution in [0.1, 0.15) is 37.7 Å². The van der Waals surface area contributed by atoms with Crippen LogP contribution in [0.2, 0.25) is 0 Å². The number of methoxy groups -OCH3 is 1. The summed E-state index contributed by atoms with van der Waals surface area (Å²) in [4.78, 5) is 0. The summed E-state index contributed by atoms with van der Waals surface area (Å²) in [5, 5.41) is 9.94. The lowest BCUT2D eigenvalue weighted by atomic mass is 9.73. The number of aliphatic hydroxyl groups is 1. The molecule has 1 fully saturated rings. The van der Waals surface area contributed by atoms with Gasteiger partial charge in [-0.2, -0.15) is 0 Å². The van der Waals surface area contributed by atoms with Crippen LogP contribution in [-0.4, -0.2) is 32.0 Å². The van der Waals surface area contributed by atoms with Gasteiger partial charge < -0.3 is 14.6 Å². The average Bonchev–Trinajstić information content (AvgIpc) is 2.53. The molecule has 2 unspecified atom stereocenters. The lowest BCUT2D eigenvalue weighted by Gasteiger charge is -2.35. The molecule has 112 valence electrons. The highest BCUT2D eigenvalue weighted by atomic mass is 16.5. The SMILES string of the molecule is CCC(C1CCOCC1)C(CO)c1ccccc1OC. The summed E-state index contributed by atoms with van der Waals surface area (Å²) < 4.78 is 10.9. The van der Waals surface area contributed by atoms with Gasteiger partial charge in [0.1, 0.15) is 5.75 Å². The first-order valence-corrected chi connectivity index (χ1v) is 7.63. The molecule has 2 rings (SSSR count). The van der Waals surface area contributed by atoms with Crippen molar-refractivity contribution in [3.63, 3.8) is 0 Å². The fraction of sp³-hybridized carbons (Fsp3) is 0.647. The third-order valence-electron chi connectivity index (χ3n) is 4.59. The van der Waals surface area contributed by atoms with Crippen LogP contribution in [0.3, 0.4) is 0 Å². The third kappa shape index (κ3) is 3.33. The van der Waals surface area contributed by atoms with Gasteiger partial charge in [0.25, 0.3) is 0 Å². The molecule has 1 aromatic rings. The Hall–Kier alpha value is -1.06. The van der Waals surface area contributed by atoms with E-state index in [2.05, 4.69) is 13.0 Å². The van der Waals surface area contributed by atoms with Crippen LogP contribution in [0.25, 0.3) is 0 Å². The van der Waals surface area contributed by atoms with Crippen LogP contribution in [0, 0.1) is 11.8 Å². The first-order valence-electron chi connectivity index (χ1n) is 7.63. The van der Waals surface area contributed by atoms with Gasteiger partial charge in [-0.3, -0.25) is 0 Å². The Morgan fingerprint density at radius 2 is 2.00 bits per heavy atom. The van der Waals surface area contributed by atoms with Crippen molar-refractivity contribution in [2.45, 2.75) is 32.1 Å². The molecule has 0 saturated carbocycles. The van der Waals surface area contributed by atoms with Gasteiger partial charge in [0.05, 0.1) is 13.7 Å². The van der Waals surface area contributed by atoms with Crippen molar-refractivity contribution in [2.24, 2.45) is 11.8 Å². The fourth-order valence-corrected chi connectivity index (χ4v) is 3.53. The van der Waals surface area contributed by atoms with Gasteiger partial charge in [-0.15, -0.1) is 0 Å². The van der Waals surface area contributed by atoms with Gasteiger partial charge in [-0.05, 0) is 36.3 Å². The quantitative estimate of drug-likeness (QED) is 0.868. The summed E-state index contributed by atoms with van der Waals surface area (Å²) in [6, 6.07) is 8.07. The predicted molar refractivity (Wildman–Crippen MR) is 80.1 cm³/mol. The van der Waals surface area contributed by atoms with Crippen molar-refractivity contribution in [1.29, 1.82) is 0 Å².